The molecule has 0 aliphatic heterocycles. The highest BCUT2D eigenvalue weighted by molar-refractivity contribution is 9.09. The van der Waals surface area contributed by atoms with E-state index in [9.17, 15) is 0 Å². The van der Waals surface area contributed by atoms with E-state index in [2.05, 4.69) is 33.1 Å². The molecule has 4 heteroatoms. The molecule has 1 aliphatic carbocycles. The number of hydrogen-bond acceptors (Lipinski definition) is 3. The van der Waals surface area contributed by atoms with Gasteiger partial charge in [-0.05, 0) is 19.3 Å². The lowest BCUT2D eigenvalue weighted by Crippen LogP contribution is -1.86. The monoisotopic (exact) mass is 230 g/mol. The standard InChI is InChI=1S/C8H11BrN2O/c1-2-6(9)8-11-10-7(12-8)5-3-4-5/h5-6H,2-4H2,1H3. The first-order valence-corrected chi connectivity index (χ1v) is 5.20. The van der Waals surface area contributed by atoms with Gasteiger partial charge < -0.3 is 4.42 Å². The molecule has 1 fully saturated rings. The summed E-state index contributed by atoms with van der Waals surface area (Å²) in [5, 5.41) is 7.99. The van der Waals surface area contributed by atoms with E-state index in [0.29, 0.717) is 5.92 Å². The van der Waals surface area contributed by atoms with Crippen molar-refractivity contribution in [2.75, 3.05) is 0 Å². The fraction of sp³-hybridized carbons (Fsp3) is 0.750. The second kappa shape index (κ2) is 3.17. The highest BCUT2D eigenvalue weighted by atomic mass is 79.9. The zero-order valence-corrected chi connectivity index (χ0v) is 8.54. The minimum absolute atomic E-state index is 0.220. The summed E-state index contributed by atoms with van der Waals surface area (Å²) in [5.41, 5.74) is 0. The Balaban J connectivity index is 2.12. The van der Waals surface area contributed by atoms with Gasteiger partial charge in [0.25, 0.3) is 0 Å². The fourth-order valence-corrected chi connectivity index (χ4v) is 1.23. The van der Waals surface area contributed by atoms with E-state index in [1.165, 1.54) is 12.8 Å². The maximum Gasteiger partial charge on any atom is 0.230 e. The highest BCUT2D eigenvalue weighted by Gasteiger charge is 2.29. The molecule has 1 aromatic heterocycles. The Hall–Kier alpha value is -0.380. The summed E-state index contributed by atoms with van der Waals surface area (Å²) < 4.78 is 5.49. The molecule has 12 heavy (non-hydrogen) atoms. The smallest absolute Gasteiger partial charge is 0.230 e. The molecule has 1 heterocycles. The zero-order chi connectivity index (χ0) is 8.55. The molecule has 1 atom stereocenters. The summed E-state index contributed by atoms with van der Waals surface area (Å²) in [6, 6.07) is 0. The van der Waals surface area contributed by atoms with Crippen LogP contribution in [0.5, 0.6) is 0 Å². The lowest BCUT2D eigenvalue weighted by Gasteiger charge is -1.97. The third-order valence-electron chi connectivity index (χ3n) is 2.01. The van der Waals surface area contributed by atoms with Gasteiger partial charge in [-0.25, -0.2) is 0 Å². The van der Waals surface area contributed by atoms with E-state index in [0.717, 1.165) is 18.2 Å². The molecule has 0 bridgehead atoms. The molecular weight excluding hydrogens is 220 g/mol. The van der Waals surface area contributed by atoms with Crippen LogP contribution in [0.2, 0.25) is 0 Å². The number of nitrogens with zero attached hydrogens (tertiary/aromatic N) is 2. The summed E-state index contributed by atoms with van der Waals surface area (Å²) in [7, 11) is 0. The SMILES string of the molecule is CCC(Br)c1nnc(C2CC2)o1. The van der Waals surface area contributed by atoms with Crippen molar-refractivity contribution in [2.24, 2.45) is 0 Å². The van der Waals surface area contributed by atoms with E-state index in [1.54, 1.807) is 0 Å². The van der Waals surface area contributed by atoms with Crippen LogP contribution in [-0.2, 0) is 0 Å². The first-order chi connectivity index (χ1) is 5.81. The van der Waals surface area contributed by atoms with Crippen LogP contribution in [0, 0.1) is 0 Å². The summed E-state index contributed by atoms with van der Waals surface area (Å²) >= 11 is 3.47. The van der Waals surface area contributed by atoms with Crippen LogP contribution in [0.4, 0.5) is 0 Å². The lowest BCUT2D eigenvalue weighted by molar-refractivity contribution is 0.447. The normalized spacial score (nSPS) is 19.5. The Kier molecular flexibility index (Phi) is 2.17. The van der Waals surface area contributed by atoms with Crippen LogP contribution in [0.1, 0.15) is 48.7 Å². The zero-order valence-electron chi connectivity index (χ0n) is 6.96. The molecule has 0 spiro atoms. The molecule has 3 nitrogen and oxygen atoms in total. The van der Waals surface area contributed by atoms with Crippen molar-refractivity contribution in [1.82, 2.24) is 10.2 Å². The van der Waals surface area contributed by atoms with Crippen molar-refractivity contribution in [1.29, 1.82) is 0 Å². The van der Waals surface area contributed by atoms with Gasteiger partial charge in [0.1, 0.15) is 0 Å². The summed E-state index contributed by atoms with van der Waals surface area (Å²) in [6.45, 7) is 2.08. The average Bonchev–Trinajstić information content (AvgIpc) is 2.83. The van der Waals surface area contributed by atoms with Gasteiger partial charge in [0.2, 0.25) is 11.8 Å². The van der Waals surface area contributed by atoms with Crippen LogP contribution in [-0.4, -0.2) is 10.2 Å². The molecule has 0 radical (unpaired) electrons. The first-order valence-electron chi connectivity index (χ1n) is 4.28. The van der Waals surface area contributed by atoms with Crippen LogP contribution in [0.15, 0.2) is 4.42 Å². The van der Waals surface area contributed by atoms with Crippen LogP contribution >= 0.6 is 15.9 Å². The molecule has 1 aliphatic rings. The van der Waals surface area contributed by atoms with Gasteiger partial charge in [0.15, 0.2) is 0 Å². The molecule has 0 N–H and O–H groups in total. The average molecular weight is 231 g/mol. The number of halogens is 1. The van der Waals surface area contributed by atoms with Gasteiger partial charge >= 0.3 is 0 Å². The number of aromatic nitrogens is 2. The van der Waals surface area contributed by atoms with Crippen LogP contribution in [0.3, 0.4) is 0 Å². The second-order valence-electron chi connectivity index (χ2n) is 3.13. The van der Waals surface area contributed by atoms with E-state index in [1.807, 2.05) is 0 Å². The van der Waals surface area contributed by atoms with Crippen molar-refractivity contribution >= 4 is 15.9 Å². The third-order valence-corrected chi connectivity index (χ3v) is 3.05. The molecular formula is C8H11BrN2O. The predicted molar refractivity (Wildman–Crippen MR) is 48.2 cm³/mol. The van der Waals surface area contributed by atoms with E-state index < -0.39 is 0 Å². The van der Waals surface area contributed by atoms with Gasteiger partial charge in [-0.3, -0.25) is 0 Å². The van der Waals surface area contributed by atoms with Gasteiger partial charge in [0.05, 0.1) is 4.83 Å². The quantitative estimate of drug-likeness (QED) is 0.750. The van der Waals surface area contributed by atoms with Crippen molar-refractivity contribution < 1.29 is 4.42 Å². The van der Waals surface area contributed by atoms with Gasteiger partial charge in [-0.1, -0.05) is 22.9 Å². The Labute approximate surface area is 79.7 Å². The topological polar surface area (TPSA) is 38.9 Å². The third kappa shape index (κ3) is 1.53. The van der Waals surface area contributed by atoms with Crippen molar-refractivity contribution in [3.63, 3.8) is 0 Å². The molecule has 66 valence electrons. The van der Waals surface area contributed by atoms with E-state index in [-0.39, 0.29) is 4.83 Å². The van der Waals surface area contributed by atoms with Crippen LogP contribution < -0.4 is 0 Å². The lowest BCUT2D eigenvalue weighted by atomic mass is 10.3. The van der Waals surface area contributed by atoms with Crippen molar-refractivity contribution in [3.8, 4) is 0 Å². The summed E-state index contributed by atoms with van der Waals surface area (Å²) in [6.07, 6.45) is 3.40. The highest BCUT2D eigenvalue weighted by Crippen LogP contribution is 2.40. The summed E-state index contributed by atoms with van der Waals surface area (Å²) in [5.74, 6) is 2.10. The van der Waals surface area contributed by atoms with Gasteiger partial charge in [-0.2, -0.15) is 0 Å². The van der Waals surface area contributed by atoms with Crippen molar-refractivity contribution in [2.45, 2.75) is 36.9 Å². The minimum atomic E-state index is 0.220. The number of alkyl halides is 1. The van der Waals surface area contributed by atoms with E-state index in [4.69, 9.17) is 4.42 Å². The fourth-order valence-electron chi connectivity index (χ4n) is 1.04. The predicted octanol–water partition coefficient (Wildman–Crippen LogP) is 2.79. The van der Waals surface area contributed by atoms with Gasteiger partial charge in [0, 0.05) is 5.92 Å². The molecule has 1 aromatic rings. The first kappa shape index (κ1) is 8.23. The molecule has 1 unspecified atom stereocenters. The number of hydrogen-bond donors (Lipinski definition) is 0. The van der Waals surface area contributed by atoms with Crippen molar-refractivity contribution in [3.05, 3.63) is 11.8 Å². The molecule has 0 amide bonds. The van der Waals surface area contributed by atoms with Gasteiger partial charge in [-0.15, -0.1) is 10.2 Å². The largest absolute Gasteiger partial charge is 0.424 e. The molecule has 0 aromatic carbocycles. The molecule has 1 saturated carbocycles. The maximum absolute atomic E-state index is 5.49. The Morgan fingerprint density at radius 1 is 1.58 bits per heavy atom. The minimum Gasteiger partial charge on any atom is -0.424 e. The molecule has 2 rings (SSSR count). The summed E-state index contributed by atoms with van der Waals surface area (Å²) in [4.78, 5) is 0.220. The second-order valence-corrected chi connectivity index (χ2v) is 4.23. The number of rotatable bonds is 3. The Bertz CT molecular complexity index is 270. The Morgan fingerprint density at radius 2 is 2.33 bits per heavy atom. The molecule has 0 saturated heterocycles. The maximum atomic E-state index is 5.49. The van der Waals surface area contributed by atoms with Crippen LogP contribution in [0.25, 0.3) is 0 Å². The Morgan fingerprint density at radius 3 is 2.92 bits per heavy atom. The van der Waals surface area contributed by atoms with E-state index >= 15 is 0 Å².